The van der Waals surface area contributed by atoms with Crippen molar-refractivity contribution in [1.82, 2.24) is 9.97 Å². The van der Waals surface area contributed by atoms with Crippen molar-refractivity contribution in [3.63, 3.8) is 0 Å². The highest BCUT2D eigenvalue weighted by Gasteiger charge is 2.35. The molecule has 0 saturated carbocycles. The molecule has 0 aliphatic carbocycles. The van der Waals surface area contributed by atoms with E-state index in [1.807, 2.05) is 36.5 Å². The van der Waals surface area contributed by atoms with E-state index < -0.39 is 0 Å². The molecule has 2 aliphatic heterocycles. The van der Waals surface area contributed by atoms with Crippen LogP contribution < -0.4 is 15.5 Å². The van der Waals surface area contributed by atoms with Crippen molar-refractivity contribution in [3.05, 3.63) is 72.3 Å². The van der Waals surface area contributed by atoms with Crippen LogP contribution in [-0.2, 0) is 0 Å². The lowest BCUT2D eigenvalue weighted by atomic mass is 10.1. The Labute approximate surface area is 176 Å². The number of aromatic nitrogens is 2. The molecule has 29 heavy (non-hydrogen) atoms. The van der Waals surface area contributed by atoms with Crippen molar-refractivity contribution in [2.75, 3.05) is 22.9 Å². The van der Waals surface area contributed by atoms with Gasteiger partial charge in [0.25, 0.3) is 0 Å². The third-order valence-corrected chi connectivity index (χ3v) is 7.00. The molecule has 2 aromatic heterocycles. The lowest BCUT2D eigenvalue weighted by Crippen LogP contribution is -2.43. The van der Waals surface area contributed by atoms with Crippen molar-refractivity contribution in [2.24, 2.45) is 5.73 Å². The highest BCUT2D eigenvalue weighted by molar-refractivity contribution is 8.00. The average molecular weight is 404 g/mol. The minimum absolute atomic E-state index is 0.149. The van der Waals surface area contributed by atoms with Crippen LogP contribution in [0.25, 0.3) is 0 Å². The minimum atomic E-state index is 0.149. The average Bonchev–Trinajstić information content (AvgIpc) is 3.14. The first-order chi connectivity index (χ1) is 14.2. The molecule has 5 nitrogen and oxygen atoms in total. The molecular formula is C23H25N5S. The van der Waals surface area contributed by atoms with Crippen LogP contribution >= 0.6 is 11.8 Å². The second-order valence-corrected chi connectivity index (χ2v) is 8.93. The summed E-state index contributed by atoms with van der Waals surface area (Å²) >= 11 is 1.87. The van der Waals surface area contributed by atoms with Crippen LogP contribution in [0.4, 0.5) is 17.1 Å². The Morgan fingerprint density at radius 2 is 1.72 bits per heavy atom. The molecule has 0 spiro atoms. The van der Waals surface area contributed by atoms with Crippen molar-refractivity contribution in [1.29, 1.82) is 0 Å². The van der Waals surface area contributed by atoms with E-state index in [1.54, 1.807) is 0 Å². The normalized spacial score (nSPS) is 21.3. The zero-order valence-electron chi connectivity index (χ0n) is 16.5. The Hall–Kier alpha value is -2.57. The first-order valence-corrected chi connectivity index (χ1v) is 11.0. The minimum Gasteiger partial charge on any atom is -0.368 e. The molecule has 3 aromatic rings. The van der Waals surface area contributed by atoms with E-state index in [2.05, 4.69) is 63.1 Å². The number of aryl methyl sites for hydroxylation is 1. The predicted octanol–water partition coefficient (Wildman–Crippen LogP) is 4.66. The van der Waals surface area contributed by atoms with Gasteiger partial charge in [0.2, 0.25) is 0 Å². The summed E-state index contributed by atoms with van der Waals surface area (Å²) < 4.78 is 0. The first kappa shape index (κ1) is 18.5. The van der Waals surface area contributed by atoms with Gasteiger partial charge in [-0.2, -0.15) is 0 Å². The molecule has 0 radical (unpaired) electrons. The van der Waals surface area contributed by atoms with E-state index in [1.165, 1.54) is 21.7 Å². The summed E-state index contributed by atoms with van der Waals surface area (Å²) in [5.74, 6) is 0. The predicted molar refractivity (Wildman–Crippen MR) is 120 cm³/mol. The summed E-state index contributed by atoms with van der Waals surface area (Å²) in [5, 5.41) is 0.149. The zero-order valence-corrected chi connectivity index (χ0v) is 17.3. The molecule has 148 valence electrons. The fraction of sp³-hybridized carbons (Fsp3) is 0.304. The summed E-state index contributed by atoms with van der Waals surface area (Å²) in [5.41, 5.74) is 12.3. The monoisotopic (exact) mass is 403 g/mol. The number of hydrogen-bond donors (Lipinski definition) is 1. The highest BCUT2D eigenvalue weighted by Crippen LogP contribution is 2.55. The summed E-state index contributed by atoms with van der Waals surface area (Å²) in [6.07, 6.45) is 9.92. The number of nitrogens with two attached hydrogens (primary N) is 1. The van der Waals surface area contributed by atoms with Crippen molar-refractivity contribution < 1.29 is 0 Å². The third-order valence-electron chi connectivity index (χ3n) is 5.69. The number of nitrogens with zero attached hydrogens (tertiary/aromatic N) is 4. The molecule has 2 atom stereocenters. The largest absolute Gasteiger partial charge is 0.368 e. The first-order valence-electron chi connectivity index (χ1n) is 10.1. The Morgan fingerprint density at radius 1 is 0.966 bits per heavy atom. The van der Waals surface area contributed by atoms with Gasteiger partial charge in [0.1, 0.15) is 5.37 Å². The number of anilines is 3. The van der Waals surface area contributed by atoms with Gasteiger partial charge in [-0.25, -0.2) is 0 Å². The Balaban J connectivity index is 1.61. The molecule has 4 heterocycles. The molecule has 6 heteroatoms. The summed E-state index contributed by atoms with van der Waals surface area (Å²) in [4.78, 5) is 15.0. The Bertz CT molecular complexity index is 1010. The molecular weight excluding hydrogens is 378 g/mol. The molecule has 0 bridgehead atoms. The molecule has 1 saturated heterocycles. The number of benzene rings is 1. The molecule has 0 amide bonds. The van der Waals surface area contributed by atoms with E-state index in [0.29, 0.717) is 0 Å². The van der Waals surface area contributed by atoms with E-state index in [-0.39, 0.29) is 11.4 Å². The van der Waals surface area contributed by atoms with Gasteiger partial charge in [0.15, 0.2) is 0 Å². The summed E-state index contributed by atoms with van der Waals surface area (Å²) in [6, 6.07) is 13.3. The van der Waals surface area contributed by atoms with Crippen molar-refractivity contribution in [2.45, 2.75) is 36.1 Å². The van der Waals surface area contributed by atoms with E-state index in [0.717, 1.165) is 37.3 Å². The smallest absolute Gasteiger partial charge is 0.110 e. The number of piperidine rings is 1. The number of pyridine rings is 2. The quantitative estimate of drug-likeness (QED) is 0.687. The van der Waals surface area contributed by atoms with Crippen LogP contribution in [0.5, 0.6) is 0 Å². The van der Waals surface area contributed by atoms with E-state index in [9.17, 15) is 0 Å². The maximum absolute atomic E-state index is 6.29. The number of thioether (sulfide) groups is 1. The third kappa shape index (κ3) is 3.47. The summed E-state index contributed by atoms with van der Waals surface area (Å²) in [6.45, 7) is 4.04. The zero-order chi connectivity index (χ0) is 19.8. The topological polar surface area (TPSA) is 58.3 Å². The van der Waals surface area contributed by atoms with Gasteiger partial charge >= 0.3 is 0 Å². The Morgan fingerprint density at radius 3 is 2.52 bits per heavy atom. The van der Waals surface area contributed by atoms with Crippen LogP contribution in [-0.4, -0.2) is 29.1 Å². The fourth-order valence-electron chi connectivity index (χ4n) is 4.22. The van der Waals surface area contributed by atoms with Crippen LogP contribution in [0.2, 0.25) is 0 Å². The molecule has 2 aliphatic rings. The van der Waals surface area contributed by atoms with Gasteiger partial charge in [0, 0.05) is 36.4 Å². The highest BCUT2D eigenvalue weighted by atomic mass is 32.2. The van der Waals surface area contributed by atoms with Gasteiger partial charge in [-0.1, -0.05) is 41.6 Å². The second kappa shape index (κ2) is 7.69. The van der Waals surface area contributed by atoms with Gasteiger partial charge < -0.3 is 15.5 Å². The SMILES string of the molecule is Cc1ccc([C@@H]2Sc3ccncc3N2c2cnccc2N2CCCC(N)C2)cc1. The van der Waals surface area contributed by atoms with Crippen molar-refractivity contribution in [3.8, 4) is 0 Å². The number of hydrogen-bond acceptors (Lipinski definition) is 6. The van der Waals surface area contributed by atoms with Crippen molar-refractivity contribution >= 4 is 28.8 Å². The molecule has 1 unspecified atom stereocenters. The van der Waals surface area contributed by atoms with Crippen LogP contribution in [0.15, 0.2) is 66.1 Å². The standard InChI is InChI=1S/C23H25N5S/c1-16-4-6-17(7-5-16)23-28(21-14-26-11-9-22(21)29-23)20-13-25-10-8-19(20)27-12-2-3-18(24)15-27/h4-11,13-14,18,23H,2-3,12,15,24H2,1H3/t18?,23-/m0/s1. The fourth-order valence-corrected chi connectivity index (χ4v) is 5.50. The molecule has 2 N–H and O–H groups in total. The van der Waals surface area contributed by atoms with Gasteiger partial charge in [-0.15, -0.1) is 0 Å². The lowest BCUT2D eigenvalue weighted by molar-refractivity contribution is 0.506. The maximum atomic E-state index is 6.29. The second-order valence-electron chi connectivity index (χ2n) is 7.81. The molecule has 1 fully saturated rings. The Kier molecular flexibility index (Phi) is 4.89. The number of rotatable bonds is 3. The van der Waals surface area contributed by atoms with Crippen LogP contribution in [0.1, 0.15) is 29.3 Å². The van der Waals surface area contributed by atoms with Crippen LogP contribution in [0, 0.1) is 6.92 Å². The maximum Gasteiger partial charge on any atom is 0.110 e. The van der Waals surface area contributed by atoms with E-state index in [4.69, 9.17) is 5.73 Å². The molecule has 1 aromatic carbocycles. The number of fused-ring (bicyclic) bond motifs is 1. The van der Waals surface area contributed by atoms with E-state index >= 15 is 0 Å². The van der Waals surface area contributed by atoms with Gasteiger partial charge in [-0.3, -0.25) is 9.97 Å². The lowest BCUT2D eigenvalue weighted by Gasteiger charge is -2.36. The molecule has 5 rings (SSSR count). The van der Waals surface area contributed by atoms with Gasteiger partial charge in [-0.05, 0) is 37.5 Å². The van der Waals surface area contributed by atoms with Crippen LogP contribution in [0.3, 0.4) is 0 Å². The van der Waals surface area contributed by atoms with Gasteiger partial charge in [0.05, 0.1) is 29.5 Å². The summed E-state index contributed by atoms with van der Waals surface area (Å²) in [7, 11) is 0.